The average Bonchev–Trinajstić information content (AvgIpc) is 3.06. The van der Waals surface area contributed by atoms with Gasteiger partial charge in [0.2, 0.25) is 5.28 Å². The molecule has 3 heterocycles. The smallest absolute Gasteiger partial charge is 0.225 e. The van der Waals surface area contributed by atoms with E-state index < -0.39 is 0 Å². The lowest BCUT2D eigenvalue weighted by Gasteiger charge is -2.35. The number of nitrogens with zero attached hydrogens (tertiary/aromatic N) is 4. The van der Waals surface area contributed by atoms with Crippen LogP contribution in [-0.2, 0) is 12.8 Å². The van der Waals surface area contributed by atoms with E-state index >= 15 is 0 Å². The number of halogens is 1. The summed E-state index contributed by atoms with van der Waals surface area (Å²) in [6, 6.07) is 0. The summed E-state index contributed by atoms with van der Waals surface area (Å²) < 4.78 is 0. The SMILES string of the molecule is CCN1CCN(c2nc(Cl)nc3sc4c(c23)CCC4)CC1. The van der Waals surface area contributed by atoms with E-state index in [0.717, 1.165) is 43.4 Å². The Morgan fingerprint density at radius 2 is 1.95 bits per heavy atom. The number of likely N-dealkylation sites (N-methyl/N-ethyl adjacent to an activating group) is 1. The Balaban J connectivity index is 1.77. The Kier molecular flexibility index (Phi) is 3.52. The van der Waals surface area contributed by atoms with Crippen molar-refractivity contribution in [2.45, 2.75) is 26.2 Å². The number of anilines is 1. The molecular weight excluding hydrogens is 304 g/mol. The lowest BCUT2D eigenvalue weighted by molar-refractivity contribution is 0.271. The third kappa shape index (κ3) is 2.31. The van der Waals surface area contributed by atoms with Gasteiger partial charge in [-0.1, -0.05) is 6.92 Å². The Morgan fingerprint density at radius 1 is 1.14 bits per heavy atom. The van der Waals surface area contributed by atoms with Crippen LogP contribution in [0.25, 0.3) is 10.2 Å². The normalized spacial score (nSPS) is 19.4. The predicted molar refractivity (Wildman–Crippen MR) is 88.8 cm³/mol. The van der Waals surface area contributed by atoms with Gasteiger partial charge in [-0.15, -0.1) is 11.3 Å². The largest absolute Gasteiger partial charge is 0.353 e. The molecular formula is C15H19ClN4S. The van der Waals surface area contributed by atoms with Crippen LogP contribution in [0.5, 0.6) is 0 Å². The maximum absolute atomic E-state index is 6.17. The summed E-state index contributed by atoms with van der Waals surface area (Å²) in [5.41, 5.74) is 1.49. The minimum Gasteiger partial charge on any atom is -0.353 e. The number of thiophene rings is 1. The summed E-state index contributed by atoms with van der Waals surface area (Å²) in [5.74, 6) is 1.07. The lowest BCUT2D eigenvalue weighted by Crippen LogP contribution is -2.46. The van der Waals surface area contributed by atoms with E-state index in [1.165, 1.54) is 35.1 Å². The van der Waals surface area contributed by atoms with Crippen molar-refractivity contribution >= 4 is 39.0 Å². The molecule has 0 radical (unpaired) electrons. The van der Waals surface area contributed by atoms with E-state index in [1.807, 2.05) is 11.3 Å². The number of aromatic nitrogens is 2. The van der Waals surface area contributed by atoms with Crippen LogP contribution in [0.1, 0.15) is 23.8 Å². The number of piperazine rings is 1. The van der Waals surface area contributed by atoms with E-state index in [2.05, 4.69) is 26.7 Å². The molecule has 0 atom stereocenters. The first-order valence-electron chi connectivity index (χ1n) is 7.71. The van der Waals surface area contributed by atoms with Crippen LogP contribution in [0.15, 0.2) is 0 Å². The number of aryl methyl sites for hydroxylation is 2. The molecule has 1 fully saturated rings. The minimum atomic E-state index is 0.385. The van der Waals surface area contributed by atoms with Gasteiger partial charge in [0.1, 0.15) is 10.6 Å². The molecule has 0 saturated carbocycles. The average molecular weight is 323 g/mol. The highest BCUT2D eigenvalue weighted by Crippen LogP contribution is 2.41. The molecule has 4 rings (SSSR count). The first-order chi connectivity index (χ1) is 10.3. The molecule has 4 nitrogen and oxygen atoms in total. The fourth-order valence-electron chi connectivity index (χ4n) is 3.46. The molecule has 1 saturated heterocycles. The minimum absolute atomic E-state index is 0.385. The molecule has 1 aliphatic carbocycles. The standard InChI is InChI=1S/C15H19ClN4S/c1-2-19-6-8-20(9-7-19)13-12-10-4-3-5-11(10)21-14(12)18-15(16)17-13/h2-9H2,1H3. The van der Waals surface area contributed by atoms with Crippen LogP contribution in [0, 0.1) is 0 Å². The molecule has 112 valence electrons. The summed E-state index contributed by atoms with van der Waals surface area (Å²) in [4.78, 5) is 16.5. The Hall–Kier alpha value is -0.910. The summed E-state index contributed by atoms with van der Waals surface area (Å²) in [6.07, 6.45) is 3.63. The van der Waals surface area contributed by atoms with Crippen molar-refractivity contribution in [1.82, 2.24) is 14.9 Å². The van der Waals surface area contributed by atoms with Crippen molar-refractivity contribution < 1.29 is 0 Å². The molecule has 2 aromatic rings. The number of hydrogen-bond donors (Lipinski definition) is 0. The monoisotopic (exact) mass is 322 g/mol. The highest BCUT2D eigenvalue weighted by molar-refractivity contribution is 7.19. The molecule has 0 aromatic carbocycles. The highest BCUT2D eigenvalue weighted by atomic mass is 35.5. The number of fused-ring (bicyclic) bond motifs is 3. The maximum atomic E-state index is 6.17. The Labute approximate surface area is 133 Å². The molecule has 2 aliphatic rings. The summed E-state index contributed by atoms with van der Waals surface area (Å²) >= 11 is 7.98. The van der Waals surface area contributed by atoms with Gasteiger partial charge in [-0.3, -0.25) is 0 Å². The van der Waals surface area contributed by atoms with Crippen molar-refractivity contribution in [3.05, 3.63) is 15.7 Å². The van der Waals surface area contributed by atoms with Gasteiger partial charge in [0.05, 0.1) is 5.39 Å². The van der Waals surface area contributed by atoms with Gasteiger partial charge in [0.15, 0.2) is 0 Å². The molecule has 21 heavy (non-hydrogen) atoms. The van der Waals surface area contributed by atoms with Crippen molar-refractivity contribution in [2.75, 3.05) is 37.6 Å². The topological polar surface area (TPSA) is 32.3 Å². The zero-order valence-corrected chi connectivity index (χ0v) is 13.8. The van der Waals surface area contributed by atoms with Gasteiger partial charge >= 0.3 is 0 Å². The van der Waals surface area contributed by atoms with Gasteiger partial charge in [-0.25, -0.2) is 4.98 Å². The van der Waals surface area contributed by atoms with E-state index in [1.54, 1.807) is 0 Å². The third-order valence-corrected chi connectivity index (χ3v) is 5.99. The third-order valence-electron chi connectivity index (χ3n) is 4.64. The summed E-state index contributed by atoms with van der Waals surface area (Å²) in [5, 5.41) is 1.66. The van der Waals surface area contributed by atoms with Crippen LogP contribution in [-0.4, -0.2) is 47.6 Å². The van der Waals surface area contributed by atoms with Crippen molar-refractivity contribution in [1.29, 1.82) is 0 Å². The van der Waals surface area contributed by atoms with Crippen molar-refractivity contribution in [3.63, 3.8) is 0 Å². The maximum Gasteiger partial charge on any atom is 0.225 e. The van der Waals surface area contributed by atoms with Crippen LogP contribution in [0.2, 0.25) is 5.28 Å². The van der Waals surface area contributed by atoms with E-state index in [0.29, 0.717) is 5.28 Å². The van der Waals surface area contributed by atoms with Crippen molar-refractivity contribution in [2.24, 2.45) is 0 Å². The van der Waals surface area contributed by atoms with Crippen LogP contribution in [0.4, 0.5) is 5.82 Å². The summed E-state index contributed by atoms with van der Waals surface area (Å²) in [6.45, 7) is 7.61. The lowest BCUT2D eigenvalue weighted by atomic mass is 10.1. The molecule has 0 N–H and O–H groups in total. The van der Waals surface area contributed by atoms with Gasteiger partial charge in [0.25, 0.3) is 0 Å². The quantitative estimate of drug-likeness (QED) is 0.796. The number of hydrogen-bond acceptors (Lipinski definition) is 5. The molecule has 6 heteroatoms. The Morgan fingerprint density at radius 3 is 2.71 bits per heavy atom. The molecule has 2 aromatic heterocycles. The first kappa shape index (κ1) is 13.7. The molecule has 0 spiro atoms. The predicted octanol–water partition coefficient (Wildman–Crippen LogP) is 2.98. The first-order valence-corrected chi connectivity index (χ1v) is 8.91. The Bertz CT molecular complexity index is 676. The van der Waals surface area contributed by atoms with Crippen molar-refractivity contribution in [3.8, 4) is 0 Å². The van der Waals surface area contributed by atoms with Gasteiger partial charge < -0.3 is 9.80 Å². The molecule has 0 bridgehead atoms. The van der Waals surface area contributed by atoms with Gasteiger partial charge in [-0.05, 0) is 43.0 Å². The second-order valence-electron chi connectivity index (χ2n) is 5.78. The zero-order valence-electron chi connectivity index (χ0n) is 12.2. The van der Waals surface area contributed by atoms with E-state index in [-0.39, 0.29) is 0 Å². The molecule has 0 amide bonds. The van der Waals surface area contributed by atoms with Crippen LogP contribution >= 0.6 is 22.9 Å². The number of rotatable bonds is 2. The zero-order chi connectivity index (χ0) is 14.4. The van der Waals surface area contributed by atoms with Gasteiger partial charge in [0, 0.05) is 31.1 Å². The van der Waals surface area contributed by atoms with Crippen LogP contribution in [0.3, 0.4) is 0 Å². The second-order valence-corrected chi connectivity index (χ2v) is 7.20. The van der Waals surface area contributed by atoms with Gasteiger partial charge in [-0.2, -0.15) is 4.98 Å². The van der Waals surface area contributed by atoms with E-state index in [4.69, 9.17) is 11.6 Å². The van der Waals surface area contributed by atoms with Crippen LogP contribution < -0.4 is 4.90 Å². The second kappa shape index (κ2) is 5.38. The summed E-state index contributed by atoms with van der Waals surface area (Å²) in [7, 11) is 0. The van der Waals surface area contributed by atoms with E-state index in [9.17, 15) is 0 Å². The molecule has 1 aliphatic heterocycles. The highest BCUT2D eigenvalue weighted by Gasteiger charge is 2.26. The fourth-order valence-corrected chi connectivity index (χ4v) is 4.93. The molecule has 0 unspecified atom stereocenters. The fraction of sp³-hybridized carbons (Fsp3) is 0.600.